The molecule has 0 aliphatic carbocycles. The van der Waals surface area contributed by atoms with Gasteiger partial charge in [-0.05, 0) is 24.1 Å². The van der Waals surface area contributed by atoms with Gasteiger partial charge in [-0.25, -0.2) is 4.98 Å². The van der Waals surface area contributed by atoms with Crippen molar-refractivity contribution in [3.8, 4) is 16.6 Å². The van der Waals surface area contributed by atoms with Gasteiger partial charge < -0.3 is 16.0 Å². The van der Waals surface area contributed by atoms with Crippen LogP contribution in [-0.2, 0) is 4.79 Å². The van der Waals surface area contributed by atoms with Crippen LogP contribution in [-0.4, -0.2) is 34.8 Å². The van der Waals surface area contributed by atoms with E-state index in [2.05, 4.69) is 10.3 Å². The van der Waals surface area contributed by atoms with Gasteiger partial charge in [-0.1, -0.05) is 29.0 Å². The van der Waals surface area contributed by atoms with Crippen LogP contribution in [0.25, 0.3) is 10.4 Å². The van der Waals surface area contributed by atoms with E-state index in [1.54, 1.807) is 29.3 Å². The van der Waals surface area contributed by atoms with Crippen molar-refractivity contribution in [3.05, 3.63) is 35.0 Å². The Morgan fingerprint density at radius 1 is 1.48 bits per heavy atom. The summed E-state index contributed by atoms with van der Waals surface area (Å²) >= 11 is 7.24. The molecule has 2 aromatic rings. The molecule has 1 aromatic carbocycles. The number of carbonyl (C=O) groups is 2. The summed E-state index contributed by atoms with van der Waals surface area (Å²) in [5, 5.41) is 12.4. The van der Waals surface area contributed by atoms with Crippen molar-refractivity contribution in [1.29, 1.82) is 5.26 Å². The maximum Gasteiger partial charge on any atom is 0.250 e. The number of hydrogen-bond donors (Lipinski definition) is 2. The van der Waals surface area contributed by atoms with E-state index in [-0.39, 0.29) is 22.4 Å². The monoisotopic (exact) mass is 375 g/mol. The number of halogens is 1. The largest absolute Gasteiger partial charge is 0.366 e. The van der Waals surface area contributed by atoms with Gasteiger partial charge in [0.2, 0.25) is 11.8 Å². The van der Waals surface area contributed by atoms with Gasteiger partial charge in [0.25, 0.3) is 0 Å². The molecule has 9 heteroatoms. The lowest BCUT2D eigenvalue weighted by Gasteiger charge is -2.08. The van der Waals surface area contributed by atoms with E-state index in [1.807, 2.05) is 6.19 Å². The van der Waals surface area contributed by atoms with E-state index < -0.39 is 5.91 Å². The zero-order chi connectivity index (χ0) is 18.0. The highest BCUT2D eigenvalue weighted by Gasteiger charge is 2.28. The number of thiazole rings is 1. The first-order valence-electron chi connectivity index (χ1n) is 7.49. The molecular weight excluding hydrogens is 362 g/mol. The van der Waals surface area contributed by atoms with Crippen molar-refractivity contribution < 1.29 is 9.59 Å². The normalized spacial score (nSPS) is 16.5. The number of hydrogen-bond acceptors (Lipinski definition) is 6. The number of anilines is 1. The number of rotatable bonds is 4. The number of nitrogens with zero attached hydrogens (tertiary/aromatic N) is 3. The average Bonchev–Trinajstić information content (AvgIpc) is 3.24. The molecule has 128 valence electrons. The van der Waals surface area contributed by atoms with Crippen molar-refractivity contribution in [1.82, 2.24) is 9.88 Å². The van der Waals surface area contributed by atoms with Crippen LogP contribution in [0.15, 0.2) is 24.4 Å². The second-order valence-electron chi connectivity index (χ2n) is 5.61. The minimum atomic E-state index is -0.604. The van der Waals surface area contributed by atoms with Crippen molar-refractivity contribution >= 4 is 39.9 Å². The predicted octanol–water partition coefficient (Wildman–Crippen LogP) is 2.30. The molecule has 1 atom stereocenters. The summed E-state index contributed by atoms with van der Waals surface area (Å²) in [6.45, 7) is 1.03. The Hall–Kier alpha value is -2.63. The summed E-state index contributed by atoms with van der Waals surface area (Å²) in [6, 6.07) is 4.96. The first kappa shape index (κ1) is 17.2. The fraction of sp³-hybridized carbons (Fsp3) is 0.250. The molecule has 1 unspecified atom stereocenters. The molecule has 1 saturated heterocycles. The number of benzene rings is 1. The van der Waals surface area contributed by atoms with Crippen LogP contribution in [0, 0.1) is 17.4 Å². The quantitative estimate of drug-likeness (QED) is 0.796. The minimum absolute atomic E-state index is 0.146. The molecule has 0 radical (unpaired) electrons. The summed E-state index contributed by atoms with van der Waals surface area (Å²) in [6.07, 6.45) is 4.31. The van der Waals surface area contributed by atoms with E-state index in [9.17, 15) is 9.59 Å². The van der Waals surface area contributed by atoms with Gasteiger partial charge in [-0.15, -0.1) is 0 Å². The topological polar surface area (TPSA) is 112 Å². The molecule has 0 bridgehead atoms. The van der Waals surface area contributed by atoms with Gasteiger partial charge in [-0.2, -0.15) is 5.26 Å². The maximum atomic E-state index is 12.3. The van der Waals surface area contributed by atoms with E-state index in [4.69, 9.17) is 22.6 Å². The Balaban J connectivity index is 1.73. The van der Waals surface area contributed by atoms with Gasteiger partial charge in [-0.3, -0.25) is 9.59 Å². The first-order chi connectivity index (χ1) is 12.0. The molecule has 1 fully saturated rings. The van der Waals surface area contributed by atoms with E-state index in [1.165, 1.54) is 11.3 Å². The molecule has 3 N–H and O–H groups in total. The van der Waals surface area contributed by atoms with E-state index in [0.717, 1.165) is 10.4 Å². The van der Waals surface area contributed by atoms with Gasteiger partial charge in [0, 0.05) is 19.3 Å². The van der Waals surface area contributed by atoms with Gasteiger partial charge in [0.1, 0.15) is 0 Å². The molecule has 2 heterocycles. The highest BCUT2D eigenvalue weighted by Crippen LogP contribution is 2.32. The Bertz CT molecular complexity index is 876. The molecule has 2 amide bonds. The summed E-state index contributed by atoms with van der Waals surface area (Å²) in [4.78, 5) is 30.2. The molecule has 7 nitrogen and oxygen atoms in total. The van der Waals surface area contributed by atoms with Crippen LogP contribution in [0.5, 0.6) is 0 Å². The van der Waals surface area contributed by atoms with Crippen molar-refractivity contribution in [2.75, 3.05) is 18.4 Å². The Kier molecular flexibility index (Phi) is 4.88. The van der Waals surface area contributed by atoms with Crippen LogP contribution >= 0.6 is 22.9 Å². The van der Waals surface area contributed by atoms with Crippen molar-refractivity contribution in [2.24, 2.45) is 11.7 Å². The minimum Gasteiger partial charge on any atom is -0.366 e. The average molecular weight is 376 g/mol. The highest BCUT2D eigenvalue weighted by atomic mass is 35.5. The number of amides is 2. The van der Waals surface area contributed by atoms with E-state index >= 15 is 0 Å². The fourth-order valence-corrected chi connectivity index (χ4v) is 3.63. The number of nitriles is 1. The predicted molar refractivity (Wildman–Crippen MR) is 95.0 cm³/mol. The second-order valence-corrected chi connectivity index (χ2v) is 7.05. The Labute approximate surface area is 153 Å². The van der Waals surface area contributed by atoms with Crippen LogP contribution in [0.2, 0.25) is 5.02 Å². The number of primary amides is 1. The smallest absolute Gasteiger partial charge is 0.250 e. The third kappa shape index (κ3) is 3.73. The van der Waals surface area contributed by atoms with Crippen LogP contribution in [0.1, 0.15) is 16.8 Å². The Morgan fingerprint density at radius 3 is 2.96 bits per heavy atom. The molecular formula is C16H14ClN5O2S. The molecule has 1 aliphatic rings. The number of nitrogens with two attached hydrogens (primary N) is 1. The molecule has 0 spiro atoms. The number of aromatic nitrogens is 1. The number of nitrogens with one attached hydrogen (secondary N) is 1. The number of likely N-dealkylation sites (tertiary alicyclic amines) is 1. The summed E-state index contributed by atoms with van der Waals surface area (Å²) < 4.78 is 0. The lowest BCUT2D eigenvalue weighted by molar-refractivity contribution is -0.119. The molecule has 1 aliphatic heterocycles. The molecule has 1 aromatic heterocycles. The summed E-state index contributed by atoms with van der Waals surface area (Å²) in [7, 11) is 0. The molecule has 0 saturated carbocycles. The fourth-order valence-electron chi connectivity index (χ4n) is 2.61. The van der Waals surface area contributed by atoms with Crippen molar-refractivity contribution in [2.45, 2.75) is 6.42 Å². The summed E-state index contributed by atoms with van der Waals surface area (Å²) in [5.74, 6) is -0.968. The molecule has 25 heavy (non-hydrogen) atoms. The van der Waals surface area contributed by atoms with Crippen molar-refractivity contribution in [3.63, 3.8) is 0 Å². The zero-order valence-electron chi connectivity index (χ0n) is 13.0. The zero-order valence-corrected chi connectivity index (χ0v) is 14.6. The third-order valence-corrected chi connectivity index (χ3v) is 5.24. The second kappa shape index (κ2) is 7.09. The lowest BCUT2D eigenvalue weighted by atomic mass is 10.1. The van der Waals surface area contributed by atoms with E-state index in [0.29, 0.717) is 24.6 Å². The molecule has 3 rings (SSSR count). The SMILES string of the molecule is N#CN1CCC(C(=O)Nc2ncc(-c3ccc(Cl)c(C(N)=O)c3)s2)C1. The van der Waals surface area contributed by atoms with Crippen LogP contribution < -0.4 is 11.1 Å². The summed E-state index contributed by atoms with van der Waals surface area (Å²) in [5.41, 5.74) is 6.29. The highest BCUT2D eigenvalue weighted by molar-refractivity contribution is 7.19. The van der Waals surface area contributed by atoms with Gasteiger partial charge in [0.15, 0.2) is 11.3 Å². The first-order valence-corrected chi connectivity index (χ1v) is 8.68. The van der Waals surface area contributed by atoms with Crippen LogP contribution in [0.3, 0.4) is 0 Å². The Morgan fingerprint density at radius 2 is 2.28 bits per heavy atom. The number of carbonyl (C=O) groups excluding carboxylic acids is 2. The van der Waals surface area contributed by atoms with Gasteiger partial charge >= 0.3 is 0 Å². The van der Waals surface area contributed by atoms with Gasteiger partial charge in [0.05, 0.1) is 21.4 Å². The third-order valence-electron chi connectivity index (χ3n) is 3.95. The lowest BCUT2D eigenvalue weighted by Crippen LogP contribution is -2.25. The van der Waals surface area contributed by atoms with Crippen LogP contribution in [0.4, 0.5) is 5.13 Å². The maximum absolute atomic E-state index is 12.3. The standard InChI is InChI=1S/C16H14ClN5O2S/c17-12-2-1-9(5-11(12)14(19)23)13-6-20-16(25-13)21-15(24)10-3-4-22(7-10)8-18/h1-2,5-6,10H,3-4,7H2,(H2,19,23)(H,20,21,24).